The number of amides is 1. The van der Waals surface area contributed by atoms with Crippen molar-refractivity contribution in [2.75, 3.05) is 6.54 Å². The van der Waals surface area contributed by atoms with E-state index in [9.17, 15) is 4.79 Å². The molecule has 1 aliphatic rings. The van der Waals surface area contributed by atoms with E-state index in [-0.39, 0.29) is 11.9 Å². The first-order valence-electron chi connectivity index (χ1n) is 10.3. The maximum atomic E-state index is 13.3. The second kappa shape index (κ2) is 7.09. The molecule has 30 heavy (non-hydrogen) atoms. The van der Waals surface area contributed by atoms with Crippen molar-refractivity contribution in [3.63, 3.8) is 0 Å². The Kier molecular flexibility index (Phi) is 4.38. The Bertz CT molecular complexity index is 1250. The first-order valence-corrected chi connectivity index (χ1v) is 10.3. The van der Waals surface area contributed by atoms with Gasteiger partial charge in [-0.25, -0.2) is 0 Å². The minimum absolute atomic E-state index is 0.0290. The van der Waals surface area contributed by atoms with Crippen LogP contribution >= 0.6 is 0 Å². The highest BCUT2D eigenvalue weighted by atomic mass is 16.2. The van der Waals surface area contributed by atoms with Crippen LogP contribution in [0.1, 0.15) is 41.5 Å². The van der Waals surface area contributed by atoms with Crippen LogP contribution in [-0.4, -0.2) is 41.9 Å². The topological polar surface area (TPSA) is 68.8 Å². The van der Waals surface area contributed by atoms with Crippen molar-refractivity contribution in [3.05, 3.63) is 65.6 Å². The van der Waals surface area contributed by atoms with E-state index in [0.717, 1.165) is 41.0 Å². The van der Waals surface area contributed by atoms with Crippen molar-refractivity contribution in [3.8, 4) is 11.4 Å². The van der Waals surface area contributed by atoms with Crippen LogP contribution in [0.15, 0.2) is 48.8 Å². The summed E-state index contributed by atoms with van der Waals surface area (Å²) in [6.07, 6.45) is 4.52. The lowest BCUT2D eigenvalue weighted by Gasteiger charge is -2.33. The van der Waals surface area contributed by atoms with Crippen molar-refractivity contribution in [1.29, 1.82) is 0 Å². The van der Waals surface area contributed by atoms with Gasteiger partial charge in [-0.05, 0) is 50.6 Å². The van der Waals surface area contributed by atoms with Crippen molar-refractivity contribution in [1.82, 2.24) is 29.4 Å². The molecular formula is C23H24N6O. The van der Waals surface area contributed by atoms with Gasteiger partial charge in [0.2, 0.25) is 0 Å². The zero-order valence-corrected chi connectivity index (χ0v) is 17.4. The third-order valence-electron chi connectivity index (χ3n) is 5.96. The molecule has 0 saturated carbocycles. The Hall–Kier alpha value is -3.48. The van der Waals surface area contributed by atoms with Gasteiger partial charge >= 0.3 is 0 Å². The number of carbonyl (C=O) groups excluding carboxylic acids is 1. The van der Waals surface area contributed by atoms with Gasteiger partial charge in [0.05, 0.1) is 22.9 Å². The smallest absolute Gasteiger partial charge is 0.254 e. The fourth-order valence-electron chi connectivity index (χ4n) is 4.38. The lowest BCUT2D eigenvalue weighted by molar-refractivity contribution is 0.0674. The lowest BCUT2D eigenvalue weighted by atomic mass is 9.96. The molecule has 7 nitrogen and oxygen atoms in total. The molecule has 7 heteroatoms. The van der Waals surface area contributed by atoms with Crippen LogP contribution in [-0.2, 0) is 20.0 Å². The molecule has 0 N–H and O–H groups in total. The summed E-state index contributed by atoms with van der Waals surface area (Å²) >= 11 is 0. The predicted molar refractivity (Wildman–Crippen MR) is 115 cm³/mol. The molecule has 0 saturated heterocycles. The summed E-state index contributed by atoms with van der Waals surface area (Å²) in [5, 5.41) is 10.4. The van der Waals surface area contributed by atoms with E-state index in [1.54, 1.807) is 6.20 Å². The van der Waals surface area contributed by atoms with E-state index in [1.807, 2.05) is 63.9 Å². The summed E-state index contributed by atoms with van der Waals surface area (Å²) in [4.78, 5) is 19.6. The van der Waals surface area contributed by atoms with Crippen LogP contribution in [0.5, 0.6) is 0 Å². The molecule has 1 amide bonds. The van der Waals surface area contributed by atoms with E-state index in [1.165, 1.54) is 5.56 Å². The number of hydrogen-bond acceptors (Lipinski definition) is 4. The molecule has 0 radical (unpaired) electrons. The maximum absolute atomic E-state index is 13.3. The molecule has 0 bridgehead atoms. The third kappa shape index (κ3) is 2.89. The molecule has 5 rings (SSSR count). The molecular weight excluding hydrogens is 376 g/mol. The van der Waals surface area contributed by atoms with Crippen LogP contribution in [0, 0.1) is 0 Å². The molecule has 3 aromatic heterocycles. The third-order valence-corrected chi connectivity index (χ3v) is 5.96. The minimum Gasteiger partial charge on any atom is -0.330 e. The Labute approximate surface area is 174 Å². The molecule has 0 fully saturated rings. The molecule has 1 aliphatic heterocycles. The summed E-state index contributed by atoms with van der Waals surface area (Å²) < 4.78 is 3.82. The molecule has 4 aromatic rings. The molecule has 0 aliphatic carbocycles. The number of benzene rings is 1. The number of nitrogens with zero attached hydrogens (tertiary/aromatic N) is 6. The second-order valence-electron chi connectivity index (χ2n) is 7.73. The molecule has 0 spiro atoms. The number of carbonyl (C=O) groups is 1. The molecule has 1 aromatic carbocycles. The molecule has 4 heterocycles. The van der Waals surface area contributed by atoms with E-state index < -0.39 is 0 Å². The molecule has 152 valence electrons. The number of rotatable bonds is 3. The Morgan fingerprint density at radius 2 is 2.07 bits per heavy atom. The average molecular weight is 400 g/mol. The zero-order valence-electron chi connectivity index (χ0n) is 17.4. The van der Waals surface area contributed by atoms with Gasteiger partial charge in [-0.3, -0.25) is 19.1 Å². The van der Waals surface area contributed by atoms with Gasteiger partial charge < -0.3 is 4.90 Å². The monoisotopic (exact) mass is 400 g/mol. The van der Waals surface area contributed by atoms with Gasteiger partial charge in [0, 0.05) is 49.0 Å². The summed E-state index contributed by atoms with van der Waals surface area (Å²) in [6.45, 7) is 5.62. The van der Waals surface area contributed by atoms with Crippen LogP contribution in [0.2, 0.25) is 0 Å². The summed E-state index contributed by atoms with van der Waals surface area (Å²) in [5.74, 6) is 0.0290. The van der Waals surface area contributed by atoms with Gasteiger partial charge in [-0.1, -0.05) is 6.07 Å². The van der Waals surface area contributed by atoms with Crippen LogP contribution in [0.3, 0.4) is 0 Å². The standard InChI is InChI=1S/C23H24N6O/c1-4-28-12-10-20(25-28)22-18-9-13-29(15(2)21(18)26-27(22)3)23(30)17-7-8-19-16(14-17)6-5-11-24-19/h5-8,10-12,14-15H,4,9,13H2,1-3H3/t15-/m0/s1. The highest BCUT2D eigenvalue weighted by molar-refractivity contribution is 5.98. The zero-order chi connectivity index (χ0) is 20.8. The van der Waals surface area contributed by atoms with E-state index in [4.69, 9.17) is 5.10 Å². The van der Waals surface area contributed by atoms with Crippen molar-refractivity contribution in [2.24, 2.45) is 7.05 Å². The largest absolute Gasteiger partial charge is 0.330 e. The Morgan fingerprint density at radius 1 is 1.20 bits per heavy atom. The highest BCUT2D eigenvalue weighted by Crippen LogP contribution is 2.35. The molecule has 1 atom stereocenters. The normalized spacial score (nSPS) is 16.1. The second-order valence-corrected chi connectivity index (χ2v) is 7.73. The van der Waals surface area contributed by atoms with Crippen LogP contribution in [0.25, 0.3) is 22.3 Å². The number of hydrogen-bond donors (Lipinski definition) is 0. The minimum atomic E-state index is -0.0981. The quantitative estimate of drug-likeness (QED) is 0.527. The first-order chi connectivity index (χ1) is 14.6. The maximum Gasteiger partial charge on any atom is 0.254 e. The SMILES string of the molecule is CCn1ccc(-c2c3c(nn2C)[C@H](C)N(C(=O)c2ccc4ncccc4c2)CC3)n1. The van der Waals surface area contributed by atoms with E-state index >= 15 is 0 Å². The fraction of sp³-hybridized carbons (Fsp3) is 0.304. The summed E-state index contributed by atoms with van der Waals surface area (Å²) in [6, 6.07) is 11.5. The number of pyridine rings is 1. The van der Waals surface area contributed by atoms with Crippen molar-refractivity contribution >= 4 is 16.8 Å². The van der Waals surface area contributed by atoms with Crippen molar-refractivity contribution in [2.45, 2.75) is 32.9 Å². The molecule has 0 unspecified atom stereocenters. The Balaban J connectivity index is 1.48. The average Bonchev–Trinajstić information content (AvgIpc) is 3.37. The highest BCUT2D eigenvalue weighted by Gasteiger charge is 2.33. The summed E-state index contributed by atoms with van der Waals surface area (Å²) in [5.41, 5.74) is 5.71. The van der Waals surface area contributed by atoms with Crippen LogP contribution < -0.4 is 0 Å². The van der Waals surface area contributed by atoms with Gasteiger partial charge in [-0.2, -0.15) is 10.2 Å². The van der Waals surface area contributed by atoms with Crippen molar-refractivity contribution < 1.29 is 4.79 Å². The first kappa shape index (κ1) is 18.5. The predicted octanol–water partition coefficient (Wildman–Crippen LogP) is 3.61. The van der Waals surface area contributed by atoms with Gasteiger partial charge in [0.25, 0.3) is 5.91 Å². The number of fused-ring (bicyclic) bond motifs is 2. The van der Waals surface area contributed by atoms with E-state index in [0.29, 0.717) is 12.1 Å². The van der Waals surface area contributed by atoms with E-state index in [2.05, 4.69) is 23.9 Å². The Morgan fingerprint density at radius 3 is 2.87 bits per heavy atom. The summed E-state index contributed by atoms with van der Waals surface area (Å²) in [7, 11) is 1.95. The van der Waals surface area contributed by atoms with Gasteiger partial charge in [0.15, 0.2) is 0 Å². The number of aryl methyl sites for hydroxylation is 2. The van der Waals surface area contributed by atoms with Gasteiger partial charge in [0.1, 0.15) is 5.69 Å². The van der Waals surface area contributed by atoms with Crippen LogP contribution in [0.4, 0.5) is 0 Å². The fourth-order valence-corrected chi connectivity index (χ4v) is 4.38. The lowest BCUT2D eigenvalue weighted by Crippen LogP contribution is -2.38. The number of aromatic nitrogens is 5. The van der Waals surface area contributed by atoms with Gasteiger partial charge in [-0.15, -0.1) is 0 Å².